The number of carbonyl (C=O) groups excluding carboxylic acids is 2. The first-order valence-electron chi connectivity index (χ1n) is 10.0. The van der Waals surface area contributed by atoms with Crippen LogP contribution in [0, 0.1) is 10.8 Å². The summed E-state index contributed by atoms with van der Waals surface area (Å²) in [5.74, 6) is 0.0275. The number of benzene rings is 1. The van der Waals surface area contributed by atoms with Crippen LogP contribution in [0.5, 0.6) is 5.75 Å². The molecule has 148 valence electrons. The highest BCUT2D eigenvalue weighted by molar-refractivity contribution is 6.06. The number of allylic oxidation sites excluding steroid dienone is 4. The highest BCUT2D eigenvalue weighted by Gasteiger charge is 2.48. The third-order valence-corrected chi connectivity index (χ3v) is 6.38. The second kappa shape index (κ2) is 6.07. The molecule has 0 unspecified atom stereocenters. The number of aromatic hydroxyl groups is 1. The highest BCUT2D eigenvalue weighted by atomic mass is 16.3. The third-order valence-electron chi connectivity index (χ3n) is 6.38. The average Bonchev–Trinajstić information content (AvgIpc) is 2.55. The lowest BCUT2D eigenvalue weighted by atomic mass is 9.64. The minimum absolute atomic E-state index is 0.0974. The third kappa shape index (κ3) is 2.99. The van der Waals surface area contributed by atoms with Gasteiger partial charge >= 0.3 is 0 Å². The van der Waals surface area contributed by atoms with Gasteiger partial charge in [-0.1, -0.05) is 39.8 Å². The molecule has 0 atom stereocenters. The van der Waals surface area contributed by atoms with Gasteiger partial charge in [0.15, 0.2) is 11.6 Å². The van der Waals surface area contributed by atoms with E-state index in [0.717, 1.165) is 40.9 Å². The summed E-state index contributed by atoms with van der Waals surface area (Å²) < 4.78 is 0. The van der Waals surface area contributed by atoms with Crippen molar-refractivity contribution in [3.05, 3.63) is 52.4 Å². The Morgan fingerprint density at radius 1 is 0.893 bits per heavy atom. The van der Waals surface area contributed by atoms with Gasteiger partial charge in [-0.05, 0) is 41.4 Å². The summed E-state index contributed by atoms with van der Waals surface area (Å²) in [6.45, 7) is 8.52. The molecule has 4 heteroatoms. The Morgan fingerprint density at radius 2 is 1.39 bits per heavy atom. The summed E-state index contributed by atoms with van der Waals surface area (Å²) in [5.41, 5.74) is 4.21. The Kier molecular flexibility index (Phi) is 4.11. The molecule has 0 spiro atoms. The largest absolute Gasteiger partial charge is 0.508 e. The van der Waals surface area contributed by atoms with E-state index in [1.807, 2.05) is 13.1 Å². The van der Waals surface area contributed by atoms with Crippen molar-refractivity contribution in [1.29, 1.82) is 0 Å². The fraction of sp³-hybridized carbons (Fsp3) is 0.500. The average molecular weight is 380 g/mol. The van der Waals surface area contributed by atoms with Crippen LogP contribution in [0.2, 0.25) is 0 Å². The van der Waals surface area contributed by atoms with Crippen LogP contribution in [0.3, 0.4) is 0 Å². The molecular formula is C24H29NO3. The quantitative estimate of drug-likeness (QED) is 0.768. The van der Waals surface area contributed by atoms with Crippen LogP contribution < -0.4 is 0 Å². The maximum absolute atomic E-state index is 13.3. The van der Waals surface area contributed by atoms with Gasteiger partial charge in [0.25, 0.3) is 0 Å². The lowest BCUT2D eigenvalue weighted by molar-refractivity contribution is -0.119. The molecule has 1 N–H and O–H groups in total. The fourth-order valence-electron chi connectivity index (χ4n) is 5.20. The van der Waals surface area contributed by atoms with Crippen molar-refractivity contribution >= 4 is 11.6 Å². The zero-order valence-corrected chi connectivity index (χ0v) is 17.4. The SMILES string of the molecule is CN1C2=C(C(=O)CC(C)(C)C2)C(c2cccc(O)c2)C2=C1CC(C)(C)CC2=O. The second-order valence-electron chi connectivity index (χ2n) is 10.2. The number of hydrogen-bond donors (Lipinski definition) is 1. The maximum Gasteiger partial charge on any atom is 0.162 e. The lowest BCUT2D eigenvalue weighted by Gasteiger charge is -2.47. The topological polar surface area (TPSA) is 57.6 Å². The van der Waals surface area contributed by atoms with Crippen LogP contribution >= 0.6 is 0 Å². The van der Waals surface area contributed by atoms with E-state index < -0.39 is 0 Å². The number of rotatable bonds is 1. The number of carbonyl (C=O) groups is 2. The molecule has 4 rings (SSSR count). The Morgan fingerprint density at radius 3 is 1.86 bits per heavy atom. The van der Waals surface area contributed by atoms with E-state index in [1.165, 1.54) is 0 Å². The lowest BCUT2D eigenvalue weighted by Crippen LogP contribution is -2.43. The van der Waals surface area contributed by atoms with E-state index in [4.69, 9.17) is 0 Å². The molecule has 1 aliphatic heterocycles. The molecule has 0 saturated heterocycles. The van der Waals surface area contributed by atoms with Gasteiger partial charge in [-0.15, -0.1) is 0 Å². The molecule has 4 nitrogen and oxygen atoms in total. The van der Waals surface area contributed by atoms with Gasteiger partial charge < -0.3 is 10.0 Å². The first kappa shape index (κ1) is 19.0. The van der Waals surface area contributed by atoms with E-state index in [0.29, 0.717) is 12.8 Å². The molecular weight excluding hydrogens is 350 g/mol. The molecule has 28 heavy (non-hydrogen) atoms. The molecule has 1 aromatic rings. The van der Waals surface area contributed by atoms with E-state index in [1.54, 1.807) is 18.2 Å². The number of hydrogen-bond acceptors (Lipinski definition) is 4. The molecule has 0 fully saturated rings. The minimum Gasteiger partial charge on any atom is -0.508 e. The monoisotopic (exact) mass is 379 g/mol. The number of nitrogens with zero attached hydrogens (tertiary/aromatic N) is 1. The van der Waals surface area contributed by atoms with Crippen LogP contribution in [0.15, 0.2) is 46.8 Å². The zero-order valence-electron chi connectivity index (χ0n) is 17.4. The molecule has 1 aromatic carbocycles. The Labute approximate surface area is 166 Å². The molecule has 0 aromatic heterocycles. The first-order valence-corrected chi connectivity index (χ1v) is 10.0. The second-order valence-corrected chi connectivity index (χ2v) is 10.2. The van der Waals surface area contributed by atoms with Gasteiger partial charge in [0, 0.05) is 48.3 Å². The van der Waals surface area contributed by atoms with Crippen molar-refractivity contribution < 1.29 is 14.7 Å². The summed E-state index contributed by atoms with van der Waals surface area (Å²) in [5, 5.41) is 10.1. The van der Waals surface area contributed by atoms with Gasteiger partial charge in [-0.2, -0.15) is 0 Å². The van der Waals surface area contributed by atoms with Crippen molar-refractivity contribution in [2.24, 2.45) is 10.8 Å². The number of phenolic OH excluding ortho intramolecular Hbond substituents is 1. The predicted octanol–water partition coefficient (Wildman–Crippen LogP) is 4.71. The van der Waals surface area contributed by atoms with Gasteiger partial charge in [0.1, 0.15) is 5.75 Å². The van der Waals surface area contributed by atoms with Crippen LogP contribution in [0.1, 0.15) is 64.9 Å². The van der Waals surface area contributed by atoms with Gasteiger partial charge in [-0.3, -0.25) is 9.59 Å². The molecule has 0 bridgehead atoms. The van der Waals surface area contributed by atoms with Crippen LogP contribution in [-0.2, 0) is 9.59 Å². The highest BCUT2D eigenvalue weighted by Crippen LogP contribution is 2.53. The van der Waals surface area contributed by atoms with E-state index in [2.05, 4.69) is 32.6 Å². The maximum atomic E-state index is 13.3. The van der Waals surface area contributed by atoms with Crippen LogP contribution in [-0.4, -0.2) is 28.6 Å². The molecule has 0 saturated carbocycles. The molecule has 2 aliphatic carbocycles. The standard InChI is InChI=1S/C24H29NO3/c1-23(2)10-16-21(18(27)12-23)20(14-7-6-8-15(26)9-14)22-17(25(16)5)11-24(3,4)13-19(22)28/h6-9,20,26H,10-13H2,1-5H3. The molecule has 0 radical (unpaired) electrons. The number of Topliss-reactive ketones (excluding diaryl/α,β-unsaturated/α-hetero) is 2. The Hall–Kier alpha value is -2.36. The number of phenols is 1. The normalized spacial score (nSPS) is 24.4. The molecule has 3 aliphatic rings. The first-order chi connectivity index (χ1) is 13.0. The van der Waals surface area contributed by atoms with E-state index in [9.17, 15) is 14.7 Å². The predicted molar refractivity (Wildman–Crippen MR) is 109 cm³/mol. The summed E-state index contributed by atoms with van der Waals surface area (Å²) in [6, 6.07) is 7.04. The summed E-state index contributed by atoms with van der Waals surface area (Å²) in [7, 11) is 2.01. The van der Waals surface area contributed by atoms with Crippen LogP contribution in [0.4, 0.5) is 0 Å². The van der Waals surface area contributed by atoms with E-state index >= 15 is 0 Å². The Bertz CT molecular complexity index is 894. The molecule has 0 amide bonds. The summed E-state index contributed by atoms with van der Waals surface area (Å²) >= 11 is 0. The molecule has 1 heterocycles. The van der Waals surface area contributed by atoms with E-state index in [-0.39, 0.29) is 34.1 Å². The van der Waals surface area contributed by atoms with Crippen LogP contribution in [0.25, 0.3) is 0 Å². The van der Waals surface area contributed by atoms with Crippen molar-refractivity contribution in [2.45, 2.75) is 59.3 Å². The Balaban J connectivity index is 1.97. The smallest absolute Gasteiger partial charge is 0.162 e. The van der Waals surface area contributed by atoms with Crippen molar-refractivity contribution in [1.82, 2.24) is 4.90 Å². The summed E-state index contributed by atoms with van der Waals surface area (Å²) in [4.78, 5) is 28.7. The van der Waals surface area contributed by atoms with Gasteiger partial charge in [-0.25, -0.2) is 0 Å². The van der Waals surface area contributed by atoms with Gasteiger partial charge in [0.05, 0.1) is 0 Å². The van der Waals surface area contributed by atoms with Crippen molar-refractivity contribution in [3.8, 4) is 5.75 Å². The zero-order chi connectivity index (χ0) is 20.4. The van der Waals surface area contributed by atoms with Crippen molar-refractivity contribution in [3.63, 3.8) is 0 Å². The van der Waals surface area contributed by atoms with Crippen molar-refractivity contribution in [2.75, 3.05) is 7.05 Å². The fourth-order valence-corrected chi connectivity index (χ4v) is 5.20. The van der Waals surface area contributed by atoms with Gasteiger partial charge in [0.2, 0.25) is 0 Å². The minimum atomic E-state index is -0.375. The number of ketones is 2. The summed E-state index contributed by atoms with van der Waals surface area (Å²) in [6.07, 6.45) is 2.59.